The molecule has 0 aromatic heterocycles. The summed E-state index contributed by atoms with van der Waals surface area (Å²) in [5, 5.41) is 0. The van der Waals surface area contributed by atoms with Crippen molar-refractivity contribution < 1.29 is 4.48 Å². The molecule has 0 N–H and O–H groups in total. The number of rotatable bonds is 13. The van der Waals surface area contributed by atoms with Gasteiger partial charge in [-0.1, -0.05) is 0 Å². The molecule has 1 aromatic rings. The zero-order valence-corrected chi connectivity index (χ0v) is 20.0. The van der Waals surface area contributed by atoms with Crippen LogP contribution in [-0.4, -0.2) is 41.5 Å². The summed E-state index contributed by atoms with van der Waals surface area (Å²) in [5.74, 6) is 0. The Kier molecular flexibility index (Phi) is 10.6. The first-order valence-electron chi connectivity index (χ1n) is 10.3. The van der Waals surface area contributed by atoms with Gasteiger partial charge in [-0.3, -0.25) is 0 Å². The Morgan fingerprint density at radius 1 is 0.750 bits per heavy atom. The van der Waals surface area contributed by atoms with Crippen LogP contribution in [0.3, 0.4) is 0 Å². The molecule has 0 saturated carbocycles. The second-order valence-corrected chi connectivity index (χ2v) is 22.3. The van der Waals surface area contributed by atoms with Crippen LogP contribution in [0.4, 0.5) is 0 Å². The van der Waals surface area contributed by atoms with Crippen molar-refractivity contribution in [2.45, 2.75) is 79.2 Å². The van der Waals surface area contributed by atoms with Gasteiger partial charge in [-0.15, -0.1) is 0 Å². The van der Waals surface area contributed by atoms with E-state index in [4.69, 9.17) is 0 Å². The second-order valence-electron chi connectivity index (χ2n) is 8.55. The topological polar surface area (TPSA) is 0 Å². The Morgan fingerprint density at radius 3 is 1.62 bits per heavy atom. The fraction of sp³-hybridized carbons (Fsp3) is 0.727. The minimum absolute atomic E-state index is 1.20. The molecule has 0 saturated heterocycles. The van der Waals surface area contributed by atoms with Crippen LogP contribution >= 0.6 is 0 Å². The van der Waals surface area contributed by atoms with Crippen molar-refractivity contribution in [1.82, 2.24) is 0 Å². The standard InChI is InChI=1S/C10H15N.3C4H9.Sn/c1-11(2,3)9-10-7-5-4-6-8-10;3*1-3-4-2;/h4-8H,1,9H2,2-3H3;3*1,3-4H2,2H3;/q+1;;;;. The van der Waals surface area contributed by atoms with Crippen molar-refractivity contribution in [2.75, 3.05) is 18.7 Å². The molecule has 0 unspecified atom stereocenters. The van der Waals surface area contributed by atoms with Crippen molar-refractivity contribution in [2.24, 2.45) is 0 Å². The molecular weight excluding hydrogens is 397 g/mol. The van der Waals surface area contributed by atoms with Crippen LogP contribution in [0.15, 0.2) is 30.3 Å². The van der Waals surface area contributed by atoms with E-state index in [0.29, 0.717) is 0 Å². The average Bonchev–Trinajstić information content (AvgIpc) is 2.56. The first-order valence-corrected chi connectivity index (χ1v) is 18.4. The molecule has 0 bridgehead atoms. The molecule has 0 amide bonds. The SMILES string of the molecule is CCC[CH2][Sn]([CH2]CCC)([CH2]CCC)[CH2][N+](C)(C)Cc1ccccc1. The van der Waals surface area contributed by atoms with Crippen LogP contribution in [0.5, 0.6) is 0 Å². The Hall–Kier alpha value is -0.0213. The van der Waals surface area contributed by atoms with E-state index in [2.05, 4.69) is 65.2 Å². The van der Waals surface area contributed by atoms with E-state index >= 15 is 0 Å². The molecule has 0 spiro atoms. The fourth-order valence-corrected chi connectivity index (χ4v) is 22.8. The Morgan fingerprint density at radius 2 is 1.21 bits per heavy atom. The van der Waals surface area contributed by atoms with E-state index in [9.17, 15) is 0 Å². The van der Waals surface area contributed by atoms with Gasteiger partial charge in [-0.25, -0.2) is 0 Å². The van der Waals surface area contributed by atoms with Crippen LogP contribution in [0.2, 0.25) is 13.3 Å². The van der Waals surface area contributed by atoms with Gasteiger partial charge in [0.2, 0.25) is 0 Å². The van der Waals surface area contributed by atoms with E-state index in [1.54, 1.807) is 13.3 Å². The van der Waals surface area contributed by atoms with Crippen molar-refractivity contribution in [3.63, 3.8) is 0 Å². The number of benzene rings is 1. The number of nitrogens with zero attached hydrogens (tertiary/aromatic N) is 1. The third-order valence-corrected chi connectivity index (χ3v) is 21.9. The monoisotopic (exact) mass is 440 g/mol. The number of hydrogen-bond donors (Lipinski definition) is 0. The number of unbranched alkanes of at least 4 members (excludes halogenated alkanes) is 3. The molecule has 0 aliphatic carbocycles. The molecule has 0 aliphatic heterocycles. The Balaban J connectivity index is 2.88. The first kappa shape index (κ1) is 22.0. The Bertz CT molecular complexity index is 405. The van der Waals surface area contributed by atoms with Crippen LogP contribution in [0, 0.1) is 0 Å². The van der Waals surface area contributed by atoms with E-state index in [1.165, 1.54) is 59.7 Å². The fourth-order valence-electron chi connectivity index (χ4n) is 4.31. The zero-order chi connectivity index (χ0) is 17.9. The summed E-state index contributed by atoms with van der Waals surface area (Å²) < 4.78 is 7.62. The summed E-state index contributed by atoms with van der Waals surface area (Å²) in [6.07, 6.45) is 8.58. The molecule has 0 fully saturated rings. The Labute approximate surface area is 156 Å². The third kappa shape index (κ3) is 8.38. The molecule has 0 radical (unpaired) electrons. The van der Waals surface area contributed by atoms with Gasteiger partial charge in [0.05, 0.1) is 0 Å². The van der Waals surface area contributed by atoms with E-state index in [-0.39, 0.29) is 0 Å². The number of hydrogen-bond acceptors (Lipinski definition) is 0. The van der Waals surface area contributed by atoms with E-state index < -0.39 is 18.4 Å². The quantitative estimate of drug-likeness (QED) is 0.239. The maximum atomic E-state index is 2.49. The molecule has 0 aliphatic rings. The molecule has 138 valence electrons. The third-order valence-electron chi connectivity index (χ3n) is 5.40. The zero-order valence-electron chi connectivity index (χ0n) is 17.1. The molecule has 1 rings (SSSR count). The van der Waals surface area contributed by atoms with Gasteiger partial charge in [0.25, 0.3) is 0 Å². The predicted molar refractivity (Wildman–Crippen MR) is 112 cm³/mol. The average molecular weight is 439 g/mol. The van der Waals surface area contributed by atoms with Gasteiger partial charge in [0, 0.05) is 0 Å². The molecule has 0 atom stereocenters. The van der Waals surface area contributed by atoms with Crippen LogP contribution in [-0.2, 0) is 6.54 Å². The van der Waals surface area contributed by atoms with Crippen LogP contribution in [0.1, 0.15) is 64.9 Å². The van der Waals surface area contributed by atoms with Crippen molar-refractivity contribution >= 4 is 18.4 Å². The number of quaternary nitrogens is 1. The van der Waals surface area contributed by atoms with Crippen molar-refractivity contribution in [3.05, 3.63) is 35.9 Å². The molecule has 1 nitrogen and oxygen atoms in total. The summed E-state index contributed by atoms with van der Waals surface area (Å²) >= 11 is -2.05. The maximum absolute atomic E-state index is 2.49. The van der Waals surface area contributed by atoms with Crippen molar-refractivity contribution in [3.8, 4) is 0 Å². The molecule has 0 heterocycles. The van der Waals surface area contributed by atoms with Gasteiger partial charge in [0.15, 0.2) is 0 Å². The summed E-state index contributed by atoms with van der Waals surface area (Å²) in [4.78, 5) is 0. The molecule has 1 aromatic carbocycles. The minimum atomic E-state index is -2.05. The summed E-state index contributed by atoms with van der Waals surface area (Å²) in [7, 11) is 4.98. The van der Waals surface area contributed by atoms with Gasteiger partial charge in [-0.2, -0.15) is 0 Å². The second kappa shape index (κ2) is 11.6. The van der Waals surface area contributed by atoms with Gasteiger partial charge in [0.1, 0.15) is 0 Å². The predicted octanol–water partition coefficient (Wildman–Crippen LogP) is 6.65. The van der Waals surface area contributed by atoms with Crippen LogP contribution in [0.25, 0.3) is 0 Å². The van der Waals surface area contributed by atoms with Crippen LogP contribution < -0.4 is 0 Å². The van der Waals surface area contributed by atoms with E-state index in [0.717, 1.165) is 0 Å². The van der Waals surface area contributed by atoms with Crippen molar-refractivity contribution in [1.29, 1.82) is 0 Å². The molecular formula is C22H42NSn+. The molecule has 24 heavy (non-hydrogen) atoms. The van der Waals surface area contributed by atoms with Gasteiger partial charge < -0.3 is 0 Å². The summed E-state index contributed by atoms with van der Waals surface area (Å²) in [5.41, 5.74) is 1.50. The normalized spacial score (nSPS) is 12.5. The van der Waals surface area contributed by atoms with E-state index in [1.807, 2.05) is 0 Å². The van der Waals surface area contributed by atoms with Gasteiger partial charge in [-0.05, 0) is 0 Å². The molecule has 2 heteroatoms. The summed E-state index contributed by atoms with van der Waals surface area (Å²) in [6, 6.07) is 11.1. The summed E-state index contributed by atoms with van der Waals surface area (Å²) in [6.45, 7) is 8.32. The first-order chi connectivity index (χ1) is 11.5. The van der Waals surface area contributed by atoms with Gasteiger partial charge >= 0.3 is 157 Å².